The first-order chi connectivity index (χ1) is 10.5. The number of rotatable bonds is 3. The highest BCUT2D eigenvalue weighted by Crippen LogP contribution is 2.23. The number of carbonyl (C=O) groups excluding carboxylic acids is 1. The molecule has 0 radical (unpaired) electrons. The molecule has 22 heavy (non-hydrogen) atoms. The van der Waals surface area contributed by atoms with E-state index in [9.17, 15) is 13.6 Å². The third-order valence-corrected chi connectivity index (χ3v) is 3.28. The number of anilines is 1. The van der Waals surface area contributed by atoms with E-state index >= 15 is 0 Å². The van der Waals surface area contributed by atoms with Crippen LogP contribution >= 0.6 is 11.6 Å². The standard InChI is InChI=1S/C14H9ClF2N4O/c15-9-6-18-4-3-8(9)14(22)19-7-1-2-10-11(5-7)21-13(20-10)12(16)17/h1-6,12H,(H,19,22)(H,20,21). The van der Waals surface area contributed by atoms with Crippen molar-refractivity contribution in [1.82, 2.24) is 15.0 Å². The molecule has 0 saturated carbocycles. The highest BCUT2D eigenvalue weighted by Gasteiger charge is 2.14. The molecule has 2 heterocycles. The quantitative estimate of drug-likeness (QED) is 0.770. The van der Waals surface area contributed by atoms with E-state index in [1.165, 1.54) is 24.5 Å². The summed E-state index contributed by atoms with van der Waals surface area (Å²) in [5.41, 5.74) is 1.52. The number of pyridine rings is 1. The third kappa shape index (κ3) is 2.75. The third-order valence-electron chi connectivity index (χ3n) is 2.98. The largest absolute Gasteiger partial charge is 0.337 e. The lowest BCUT2D eigenvalue weighted by Crippen LogP contribution is -2.12. The van der Waals surface area contributed by atoms with E-state index in [4.69, 9.17) is 11.6 Å². The van der Waals surface area contributed by atoms with Gasteiger partial charge in [-0.15, -0.1) is 0 Å². The number of amides is 1. The first kappa shape index (κ1) is 14.4. The molecule has 112 valence electrons. The van der Waals surface area contributed by atoms with Gasteiger partial charge >= 0.3 is 0 Å². The van der Waals surface area contributed by atoms with Crippen LogP contribution in [0.25, 0.3) is 11.0 Å². The first-order valence-electron chi connectivity index (χ1n) is 6.23. The molecule has 0 fully saturated rings. The number of nitrogens with one attached hydrogen (secondary N) is 2. The predicted octanol–water partition coefficient (Wildman–Crippen LogP) is 3.80. The van der Waals surface area contributed by atoms with Crippen LogP contribution in [-0.2, 0) is 0 Å². The van der Waals surface area contributed by atoms with Crippen molar-refractivity contribution in [2.75, 3.05) is 5.32 Å². The molecule has 0 spiro atoms. The fourth-order valence-electron chi connectivity index (χ4n) is 1.97. The smallest absolute Gasteiger partial charge is 0.295 e. The zero-order chi connectivity index (χ0) is 15.7. The summed E-state index contributed by atoms with van der Waals surface area (Å²) in [6.45, 7) is 0. The summed E-state index contributed by atoms with van der Waals surface area (Å²) < 4.78 is 25.2. The van der Waals surface area contributed by atoms with Crippen molar-refractivity contribution >= 4 is 34.2 Å². The van der Waals surface area contributed by atoms with Crippen LogP contribution in [0.1, 0.15) is 22.6 Å². The highest BCUT2D eigenvalue weighted by molar-refractivity contribution is 6.34. The Morgan fingerprint density at radius 2 is 2.14 bits per heavy atom. The second-order valence-electron chi connectivity index (χ2n) is 4.46. The molecule has 2 N–H and O–H groups in total. The van der Waals surface area contributed by atoms with Crippen molar-refractivity contribution in [2.24, 2.45) is 0 Å². The molecule has 1 amide bonds. The van der Waals surface area contributed by atoms with E-state index in [1.807, 2.05) is 0 Å². The van der Waals surface area contributed by atoms with E-state index in [1.54, 1.807) is 12.1 Å². The molecule has 0 atom stereocenters. The number of nitrogens with zero attached hydrogens (tertiary/aromatic N) is 2. The van der Waals surface area contributed by atoms with Crippen molar-refractivity contribution in [1.29, 1.82) is 0 Å². The second-order valence-corrected chi connectivity index (χ2v) is 4.87. The van der Waals surface area contributed by atoms with E-state index < -0.39 is 18.2 Å². The van der Waals surface area contributed by atoms with Gasteiger partial charge in [0, 0.05) is 18.1 Å². The Morgan fingerprint density at radius 3 is 2.86 bits per heavy atom. The number of aromatic nitrogens is 3. The maximum absolute atomic E-state index is 12.6. The summed E-state index contributed by atoms with van der Waals surface area (Å²) in [6.07, 6.45) is 0.137. The molecule has 0 bridgehead atoms. The molecule has 1 aromatic carbocycles. The predicted molar refractivity (Wildman–Crippen MR) is 78.3 cm³/mol. The number of hydrogen-bond acceptors (Lipinski definition) is 3. The van der Waals surface area contributed by atoms with Crippen LogP contribution < -0.4 is 5.32 Å². The van der Waals surface area contributed by atoms with Gasteiger partial charge in [0.05, 0.1) is 21.6 Å². The lowest BCUT2D eigenvalue weighted by Gasteiger charge is -2.06. The van der Waals surface area contributed by atoms with Gasteiger partial charge in [0.1, 0.15) is 0 Å². The molecule has 0 aliphatic rings. The Morgan fingerprint density at radius 1 is 1.32 bits per heavy atom. The Bertz CT molecular complexity index is 850. The number of imidazole rings is 1. The Hall–Kier alpha value is -2.54. The van der Waals surface area contributed by atoms with Crippen molar-refractivity contribution in [3.63, 3.8) is 0 Å². The normalized spacial score (nSPS) is 11.1. The fraction of sp³-hybridized carbons (Fsp3) is 0.0714. The van der Waals surface area contributed by atoms with Gasteiger partial charge in [0.15, 0.2) is 5.82 Å². The molecule has 3 aromatic rings. The number of halogens is 3. The van der Waals surface area contributed by atoms with Gasteiger partial charge in [-0.25, -0.2) is 13.8 Å². The molecule has 5 nitrogen and oxygen atoms in total. The zero-order valence-corrected chi connectivity index (χ0v) is 11.7. The van der Waals surface area contributed by atoms with Crippen LogP contribution in [0.2, 0.25) is 5.02 Å². The summed E-state index contributed by atoms with van der Waals surface area (Å²) in [4.78, 5) is 22.2. The lowest BCUT2D eigenvalue weighted by molar-refractivity contribution is 0.102. The maximum atomic E-state index is 12.6. The number of fused-ring (bicyclic) bond motifs is 1. The summed E-state index contributed by atoms with van der Waals surface area (Å²) in [6, 6.07) is 6.13. The average Bonchev–Trinajstić information content (AvgIpc) is 2.91. The highest BCUT2D eigenvalue weighted by atomic mass is 35.5. The fourth-order valence-corrected chi connectivity index (χ4v) is 2.17. The van der Waals surface area contributed by atoms with Crippen LogP contribution in [0.15, 0.2) is 36.7 Å². The average molecular weight is 323 g/mol. The molecule has 2 aromatic heterocycles. The number of hydrogen-bond donors (Lipinski definition) is 2. The zero-order valence-electron chi connectivity index (χ0n) is 11.0. The molecular formula is C14H9ClF2N4O. The SMILES string of the molecule is O=C(Nc1ccc2nc(C(F)F)[nH]c2c1)c1ccncc1Cl. The minimum atomic E-state index is -2.68. The minimum Gasteiger partial charge on any atom is -0.337 e. The van der Waals surface area contributed by atoms with Crippen LogP contribution in [0.4, 0.5) is 14.5 Å². The van der Waals surface area contributed by atoms with E-state index in [0.29, 0.717) is 16.7 Å². The van der Waals surface area contributed by atoms with E-state index in [-0.39, 0.29) is 10.6 Å². The Kier molecular flexibility index (Phi) is 3.72. The number of benzene rings is 1. The van der Waals surface area contributed by atoms with Gasteiger partial charge in [-0.1, -0.05) is 11.6 Å². The van der Waals surface area contributed by atoms with E-state index in [2.05, 4.69) is 20.3 Å². The number of aromatic amines is 1. The van der Waals surface area contributed by atoms with Crippen molar-refractivity contribution < 1.29 is 13.6 Å². The van der Waals surface area contributed by atoms with Crippen LogP contribution in [0, 0.1) is 0 Å². The summed E-state index contributed by atoms with van der Waals surface area (Å²) >= 11 is 5.90. The minimum absolute atomic E-state index is 0.225. The summed E-state index contributed by atoms with van der Waals surface area (Å²) in [5, 5.41) is 2.87. The summed E-state index contributed by atoms with van der Waals surface area (Å²) in [5.74, 6) is -0.823. The Labute approximate surface area is 128 Å². The van der Waals surface area contributed by atoms with Crippen molar-refractivity contribution in [2.45, 2.75) is 6.43 Å². The molecule has 0 aliphatic heterocycles. The van der Waals surface area contributed by atoms with E-state index in [0.717, 1.165) is 0 Å². The van der Waals surface area contributed by atoms with Gasteiger partial charge in [-0.2, -0.15) is 0 Å². The second kappa shape index (κ2) is 5.69. The van der Waals surface area contributed by atoms with Gasteiger partial charge in [-0.05, 0) is 24.3 Å². The Balaban J connectivity index is 1.88. The molecule has 3 rings (SSSR count). The molecule has 8 heteroatoms. The van der Waals surface area contributed by atoms with Gasteiger partial charge < -0.3 is 10.3 Å². The molecule has 0 aliphatic carbocycles. The maximum Gasteiger partial charge on any atom is 0.295 e. The number of alkyl halides is 2. The molecule has 0 saturated heterocycles. The molecular weight excluding hydrogens is 314 g/mol. The number of carbonyl (C=O) groups is 1. The first-order valence-corrected chi connectivity index (χ1v) is 6.61. The number of H-pyrrole nitrogens is 1. The van der Waals surface area contributed by atoms with Crippen molar-refractivity contribution in [3.8, 4) is 0 Å². The monoisotopic (exact) mass is 322 g/mol. The lowest BCUT2D eigenvalue weighted by atomic mass is 10.2. The summed E-state index contributed by atoms with van der Waals surface area (Å²) in [7, 11) is 0. The van der Waals surface area contributed by atoms with Gasteiger partial charge in [-0.3, -0.25) is 9.78 Å². The van der Waals surface area contributed by atoms with Crippen LogP contribution in [-0.4, -0.2) is 20.9 Å². The van der Waals surface area contributed by atoms with Crippen molar-refractivity contribution in [3.05, 3.63) is 53.1 Å². The topological polar surface area (TPSA) is 70.7 Å². The van der Waals surface area contributed by atoms with Gasteiger partial charge in [0.2, 0.25) is 0 Å². The van der Waals surface area contributed by atoms with Crippen LogP contribution in [0.3, 0.4) is 0 Å². The van der Waals surface area contributed by atoms with Gasteiger partial charge in [0.25, 0.3) is 12.3 Å². The van der Waals surface area contributed by atoms with Crippen LogP contribution in [0.5, 0.6) is 0 Å². The molecule has 0 unspecified atom stereocenters.